The van der Waals surface area contributed by atoms with Crippen LogP contribution in [-0.4, -0.2) is 28.6 Å². The van der Waals surface area contributed by atoms with Gasteiger partial charge in [0.15, 0.2) is 0 Å². The molecule has 1 heterocycles. The van der Waals surface area contributed by atoms with E-state index in [0.29, 0.717) is 16.5 Å². The number of carbonyl (C=O) groups is 1. The standard InChI is InChI=1S/C13H16Cl2N2O2/c14-11-6-16-12(15)5-10(11)13(19)17-9-3-1-8(7-18)2-4-9/h5-6,8-9,18H,1-4,7H2,(H,17,19). The maximum absolute atomic E-state index is 12.1. The Morgan fingerprint density at radius 2 is 2.05 bits per heavy atom. The van der Waals surface area contributed by atoms with Crippen molar-refractivity contribution < 1.29 is 9.90 Å². The van der Waals surface area contributed by atoms with Crippen molar-refractivity contribution in [1.29, 1.82) is 0 Å². The number of aliphatic hydroxyl groups excluding tert-OH is 1. The summed E-state index contributed by atoms with van der Waals surface area (Å²) in [6.45, 7) is 0.229. The average molecular weight is 303 g/mol. The van der Waals surface area contributed by atoms with Crippen LogP contribution in [0.25, 0.3) is 0 Å². The van der Waals surface area contributed by atoms with Crippen LogP contribution in [0, 0.1) is 5.92 Å². The number of nitrogens with zero attached hydrogens (tertiary/aromatic N) is 1. The van der Waals surface area contributed by atoms with Crippen LogP contribution in [0.15, 0.2) is 12.3 Å². The minimum Gasteiger partial charge on any atom is -0.396 e. The molecule has 4 nitrogen and oxygen atoms in total. The summed E-state index contributed by atoms with van der Waals surface area (Å²) in [4.78, 5) is 15.9. The van der Waals surface area contributed by atoms with Gasteiger partial charge in [-0.25, -0.2) is 4.98 Å². The molecule has 0 atom stereocenters. The third-order valence-electron chi connectivity index (χ3n) is 3.51. The number of amides is 1. The van der Waals surface area contributed by atoms with E-state index in [0.717, 1.165) is 25.7 Å². The highest BCUT2D eigenvalue weighted by molar-refractivity contribution is 6.35. The first-order chi connectivity index (χ1) is 9.10. The Bertz CT molecular complexity index is 460. The molecule has 0 aromatic carbocycles. The zero-order valence-corrected chi connectivity index (χ0v) is 11.9. The lowest BCUT2D eigenvalue weighted by Crippen LogP contribution is -2.38. The third-order valence-corrected chi connectivity index (χ3v) is 4.01. The van der Waals surface area contributed by atoms with Crippen LogP contribution in [0.4, 0.5) is 0 Å². The van der Waals surface area contributed by atoms with Crippen LogP contribution < -0.4 is 5.32 Å². The molecule has 0 unspecified atom stereocenters. The topological polar surface area (TPSA) is 62.2 Å². The molecule has 0 aliphatic heterocycles. The number of rotatable bonds is 3. The Balaban J connectivity index is 1.96. The predicted octanol–water partition coefficient (Wildman–Crippen LogP) is 2.67. The van der Waals surface area contributed by atoms with Crippen LogP contribution in [0.5, 0.6) is 0 Å². The fraction of sp³-hybridized carbons (Fsp3) is 0.538. The number of pyridine rings is 1. The van der Waals surface area contributed by atoms with Gasteiger partial charge in [-0.05, 0) is 37.7 Å². The molecule has 1 aromatic heterocycles. The van der Waals surface area contributed by atoms with E-state index in [1.165, 1.54) is 12.3 Å². The monoisotopic (exact) mass is 302 g/mol. The van der Waals surface area contributed by atoms with E-state index in [1.807, 2.05) is 0 Å². The molecular formula is C13H16Cl2N2O2. The van der Waals surface area contributed by atoms with Crippen molar-refractivity contribution in [2.45, 2.75) is 31.7 Å². The normalized spacial score (nSPS) is 23.1. The maximum atomic E-state index is 12.1. The van der Waals surface area contributed by atoms with Crippen molar-refractivity contribution in [2.75, 3.05) is 6.61 Å². The van der Waals surface area contributed by atoms with Crippen molar-refractivity contribution in [3.05, 3.63) is 28.0 Å². The minimum atomic E-state index is -0.221. The zero-order valence-electron chi connectivity index (χ0n) is 10.4. The summed E-state index contributed by atoms with van der Waals surface area (Å²) in [6.07, 6.45) is 5.01. The van der Waals surface area contributed by atoms with Crippen molar-refractivity contribution >= 4 is 29.1 Å². The van der Waals surface area contributed by atoms with Gasteiger partial charge < -0.3 is 10.4 Å². The van der Waals surface area contributed by atoms with Crippen LogP contribution in [0.1, 0.15) is 36.0 Å². The summed E-state index contributed by atoms with van der Waals surface area (Å²) in [5.41, 5.74) is 0.353. The number of nitrogens with one attached hydrogen (secondary N) is 1. The molecule has 1 aliphatic carbocycles. The highest BCUT2D eigenvalue weighted by Gasteiger charge is 2.23. The Morgan fingerprint density at radius 3 is 2.68 bits per heavy atom. The van der Waals surface area contributed by atoms with Gasteiger partial charge in [-0.1, -0.05) is 23.2 Å². The van der Waals surface area contributed by atoms with Gasteiger partial charge in [-0.2, -0.15) is 0 Å². The van der Waals surface area contributed by atoms with Gasteiger partial charge in [-0.3, -0.25) is 4.79 Å². The molecule has 104 valence electrons. The number of aromatic nitrogens is 1. The van der Waals surface area contributed by atoms with Crippen LogP contribution in [0.3, 0.4) is 0 Å². The smallest absolute Gasteiger partial charge is 0.253 e. The lowest BCUT2D eigenvalue weighted by Gasteiger charge is -2.28. The number of halogens is 2. The second kappa shape index (κ2) is 6.55. The molecule has 0 radical (unpaired) electrons. The first-order valence-electron chi connectivity index (χ1n) is 6.33. The molecule has 0 spiro atoms. The largest absolute Gasteiger partial charge is 0.396 e. The van der Waals surface area contributed by atoms with Crippen LogP contribution in [0.2, 0.25) is 10.2 Å². The first-order valence-corrected chi connectivity index (χ1v) is 7.08. The second-order valence-corrected chi connectivity index (χ2v) is 5.66. The quantitative estimate of drug-likeness (QED) is 0.844. The molecule has 2 N–H and O–H groups in total. The fourth-order valence-corrected chi connectivity index (χ4v) is 2.69. The summed E-state index contributed by atoms with van der Waals surface area (Å²) in [7, 11) is 0. The lowest BCUT2D eigenvalue weighted by atomic mass is 9.86. The SMILES string of the molecule is O=C(NC1CCC(CO)CC1)c1cc(Cl)ncc1Cl. The number of aliphatic hydroxyl groups is 1. The van der Waals surface area contributed by atoms with E-state index in [4.69, 9.17) is 28.3 Å². The second-order valence-electron chi connectivity index (χ2n) is 4.86. The fourth-order valence-electron chi connectivity index (χ4n) is 2.34. The number of hydrogen-bond acceptors (Lipinski definition) is 3. The zero-order chi connectivity index (χ0) is 13.8. The van der Waals surface area contributed by atoms with Gasteiger partial charge in [0.25, 0.3) is 5.91 Å². The third kappa shape index (κ3) is 3.81. The van der Waals surface area contributed by atoms with E-state index in [1.54, 1.807) is 0 Å². The summed E-state index contributed by atoms with van der Waals surface area (Å²) >= 11 is 11.7. The molecule has 0 bridgehead atoms. The molecule has 1 saturated carbocycles. The molecule has 1 aliphatic rings. The first kappa shape index (κ1) is 14.6. The molecular weight excluding hydrogens is 287 g/mol. The van der Waals surface area contributed by atoms with E-state index < -0.39 is 0 Å². The molecule has 1 amide bonds. The van der Waals surface area contributed by atoms with Gasteiger partial charge >= 0.3 is 0 Å². The highest BCUT2D eigenvalue weighted by Crippen LogP contribution is 2.24. The van der Waals surface area contributed by atoms with Gasteiger partial charge in [-0.15, -0.1) is 0 Å². The van der Waals surface area contributed by atoms with Crippen molar-refractivity contribution in [1.82, 2.24) is 10.3 Å². The van der Waals surface area contributed by atoms with Crippen molar-refractivity contribution in [2.24, 2.45) is 5.92 Å². The Morgan fingerprint density at radius 1 is 1.37 bits per heavy atom. The van der Waals surface area contributed by atoms with Crippen LogP contribution >= 0.6 is 23.2 Å². The van der Waals surface area contributed by atoms with Gasteiger partial charge in [0, 0.05) is 18.8 Å². The van der Waals surface area contributed by atoms with Crippen LogP contribution in [-0.2, 0) is 0 Å². The minimum absolute atomic E-state index is 0.137. The van der Waals surface area contributed by atoms with Crippen molar-refractivity contribution in [3.8, 4) is 0 Å². The predicted molar refractivity (Wildman–Crippen MR) is 74.6 cm³/mol. The molecule has 6 heteroatoms. The average Bonchev–Trinajstić information content (AvgIpc) is 2.42. The summed E-state index contributed by atoms with van der Waals surface area (Å²) in [5.74, 6) is 0.147. The van der Waals surface area contributed by atoms with Gasteiger partial charge in [0.2, 0.25) is 0 Å². The van der Waals surface area contributed by atoms with E-state index in [2.05, 4.69) is 10.3 Å². The molecule has 1 fully saturated rings. The van der Waals surface area contributed by atoms with E-state index in [9.17, 15) is 4.79 Å². The highest BCUT2D eigenvalue weighted by atomic mass is 35.5. The molecule has 19 heavy (non-hydrogen) atoms. The van der Waals surface area contributed by atoms with Gasteiger partial charge in [0.05, 0.1) is 10.6 Å². The number of hydrogen-bond donors (Lipinski definition) is 2. The molecule has 2 rings (SSSR count). The molecule has 1 aromatic rings. The Hall–Kier alpha value is -0.840. The maximum Gasteiger partial charge on any atom is 0.253 e. The lowest BCUT2D eigenvalue weighted by molar-refractivity contribution is 0.0914. The number of carbonyl (C=O) groups excluding carboxylic acids is 1. The Kier molecular flexibility index (Phi) is 5.02. The van der Waals surface area contributed by atoms with Gasteiger partial charge in [0.1, 0.15) is 5.15 Å². The summed E-state index contributed by atoms with van der Waals surface area (Å²) in [6, 6.07) is 1.61. The van der Waals surface area contributed by atoms with E-state index >= 15 is 0 Å². The van der Waals surface area contributed by atoms with Crippen molar-refractivity contribution in [3.63, 3.8) is 0 Å². The van der Waals surface area contributed by atoms with E-state index in [-0.39, 0.29) is 23.7 Å². The Labute approximate surface area is 122 Å². The summed E-state index contributed by atoms with van der Waals surface area (Å²) < 4.78 is 0. The summed E-state index contributed by atoms with van der Waals surface area (Å²) in [5, 5.41) is 12.6. The molecule has 0 saturated heterocycles.